The third-order valence-corrected chi connectivity index (χ3v) is 6.60. The second-order valence-corrected chi connectivity index (χ2v) is 8.84. The van der Waals surface area contributed by atoms with Gasteiger partial charge in [0, 0.05) is 55.8 Å². The van der Waals surface area contributed by atoms with Gasteiger partial charge in [-0.1, -0.05) is 0 Å². The van der Waals surface area contributed by atoms with Crippen LogP contribution in [0.25, 0.3) is 10.9 Å². The molecule has 0 radical (unpaired) electrons. The van der Waals surface area contributed by atoms with Crippen LogP contribution in [0.4, 0.5) is 11.6 Å². The van der Waals surface area contributed by atoms with Gasteiger partial charge >= 0.3 is 0 Å². The lowest BCUT2D eigenvalue weighted by atomic mass is 9.97. The number of hydrogen-bond donors (Lipinski definition) is 4. The van der Waals surface area contributed by atoms with Crippen LogP contribution in [0.3, 0.4) is 0 Å². The van der Waals surface area contributed by atoms with Crippen LogP contribution in [0, 0.1) is 11.3 Å². The van der Waals surface area contributed by atoms with Crippen LogP contribution in [0.15, 0.2) is 23.4 Å². The molecule has 4 atom stereocenters. The molecule has 5 rings (SSSR count). The molecule has 9 heteroatoms. The molecule has 0 aromatic carbocycles. The summed E-state index contributed by atoms with van der Waals surface area (Å²) in [5.74, 6) is 2.33. The molecule has 31 heavy (non-hydrogen) atoms. The summed E-state index contributed by atoms with van der Waals surface area (Å²) in [5.41, 5.74) is 3.74. The summed E-state index contributed by atoms with van der Waals surface area (Å²) < 4.78 is 0. The van der Waals surface area contributed by atoms with E-state index in [0.717, 1.165) is 31.6 Å². The Hall–Kier alpha value is -3.12. The minimum atomic E-state index is 0.175. The number of nitrogens with zero attached hydrogens (tertiary/aromatic N) is 5. The van der Waals surface area contributed by atoms with E-state index in [1.165, 1.54) is 12.8 Å². The summed E-state index contributed by atoms with van der Waals surface area (Å²) in [7, 11) is 0. The molecule has 9 nitrogen and oxygen atoms in total. The summed E-state index contributed by atoms with van der Waals surface area (Å²) in [5, 5.41) is 31.4. The van der Waals surface area contributed by atoms with E-state index in [2.05, 4.69) is 44.0 Å². The number of piperidine rings is 1. The molecule has 0 aliphatic carbocycles. The highest BCUT2D eigenvalue weighted by Crippen LogP contribution is 2.38. The first-order valence-corrected chi connectivity index (χ1v) is 11.1. The highest BCUT2D eigenvalue weighted by atomic mass is 16.3. The van der Waals surface area contributed by atoms with Gasteiger partial charge in [0.25, 0.3) is 0 Å². The van der Waals surface area contributed by atoms with E-state index >= 15 is 0 Å². The molecule has 2 fully saturated rings. The van der Waals surface area contributed by atoms with Gasteiger partial charge in [-0.3, -0.25) is 9.88 Å². The number of aromatic hydroxyl groups is 1. The Kier molecular flexibility index (Phi) is 5.24. The van der Waals surface area contributed by atoms with Crippen molar-refractivity contribution in [2.75, 3.05) is 17.2 Å². The van der Waals surface area contributed by atoms with E-state index in [0.29, 0.717) is 47.1 Å². The van der Waals surface area contributed by atoms with E-state index in [1.54, 1.807) is 12.3 Å². The molecule has 3 aliphatic rings. The maximum absolute atomic E-state index is 10.5. The third kappa shape index (κ3) is 3.95. The van der Waals surface area contributed by atoms with Crippen LogP contribution in [0.1, 0.15) is 45.4 Å². The molecule has 1 unspecified atom stereocenters. The van der Waals surface area contributed by atoms with Gasteiger partial charge in [-0.15, -0.1) is 0 Å². The first kappa shape index (κ1) is 19.8. The number of nitriles is 1. The van der Waals surface area contributed by atoms with E-state index in [-0.39, 0.29) is 11.8 Å². The molecule has 2 saturated heterocycles. The Morgan fingerprint density at radius 3 is 2.84 bits per heavy atom. The van der Waals surface area contributed by atoms with Crippen LogP contribution in [0.2, 0.25) is 0 Å². The third-order valence-electron chi connectivity index (χ3n) is 6.60. The summed E-state index contributed by atoms with van der Waals surface area (Å²) in [6.07, 6.45) is 7.39. The van der Waals surface area contributed by atoms with Crippen molar-refractivity contribution in [2.45, 2.75) is 69.6 Å². The smallest absolute Gasteiger partial charge is 0.141 e. The Bertz CT molecular complexity index is 1030. The number of rotatable bonds is 5. The zero-order valence-electron chi connectivity index (χ0n) is 17.7. The first-order valence-electron chi connectivity index (χ1n) is 11.1. The van der Waals surface area contributed by atoms with Crippen molar-refractivity contribution in [2.24, 2.45) is 5.10 Å². The number of pyridine rings is 2. The van der Waals surface area contributed by atoms with Crippen LogP contribution in [-0.2, 0) is 0 Å². The second-order valence-electron chi connectivity index (χ2n) is 8.84. The summed E-state index contributed by atoms with van der Waals surface area (Å²) in [6, 6.07) is 7.30. The van der Waals surface area contributed by atoms with Gasteiger partial charge in [0.15, 0.2) is 0 Å². The summed E-state index contributed by atoms with van der Waals surface area (Å²) >= 11 is 0. The molecular formula is C22H28N8O. The first-order chi connectivity index (χ1) is 15.1. The van der Waals surface area contributed by atoms with E-state index in [4.69, 9.17) is 10.2 Å². The zero-order chi connectivity index (χ0) is 21.4. The Morgan fingerprint density at radius 1 is 1.32 bits per heavy atom. The van der Waals surface area contributed by atoms with E-state index in [9.17, 15) is 5.11 Å². The number of nitrogens with one attached hydrogen (secondary N) is 3. The fourth-order valence-electron chi connectivity index (χ4n) is 5.25. The number of anilines is 2. The number of amidine groups is 1. The average Bonchev–Trinajstić information content (AvgIpc) is 3.25. The predicted octanol–water partition coefficient (Wildman–Crippen LogP) is 2.76. The standard InChI is InChI=1S/C22H28N8O/c1-13-9-20(29-28-13)26-19-12-17-21(18(31)5-7-24-17)22(27-19)25-14-10-15-3-4-16(11-14)30(15)8-2-6-23/h5,7,12-16,28H,2-4,8-11H2,1H3,(H,24,31)(H2,25,26,27,29)/t13?,14-,15-,16+. The lowest BCUT2D eigenvalue weighted by molar-refractivity contribution is 0.136. The topological polar surface area (TPSA) is 121 Å². The second kappa shape index (κ2) is 8.19. The van der Waals surface area contributed by atoms with Gasteiger partial charge in [-0.2, -0.15) is 10.4 Å². The van der Waals surface area contributed by atoms with Crippen molar-refractivity contribution in [1.82, 2.24) is 20.3 Å². The van der Waals surface area contributed by atoms with Gasteiger partial charge < -0.3 is 21.2 Å². The molecule has 4 N–H and O–H groups in total. The molecule has 0 saturated carbocycles. The lowest BCUT2D eigenvalue weighted by Crippen LogP contribution is -2.47. The predicted molar refractivity (Wildman–Crippen MR) is 120 cm³/mol. The summed E-state index contributed by atoms with van der Waals surface area (Å²) in [6.45, 7) is 2.94. The van der Waals surface area contributed by atoms with Gasteiger partial charge in [-0.25, -0.2) is 4.98 Å². The Balaban J connectivity index is 1.39. The van der Waals surface area contributed by atoms with Crippen molar-refractivity contribution >= 4 is 28.4 Å². The van der Waals surface area contributed by atoms with Crippen molar-refractivity contribution < 1.29 is 5.11 Å². The highest BCUT2D eigenvalue weighted by Gasteiger charge is 2.40. The van der Waals surface area contributed by atoms with Crippen LogP contribution in [0.5, 0.6) is 5.75 Å². The maximum atomic E-state index is 10.5. The van der Waals surface area contributed by atoms with E-state index < -0.39 is 0 Å². The Morgan fingerprint density at radius 2 is 2.13 bits per heavy atom. The van der Waals surface area contributed by atoms with Gasteiger partial charge in [0.1, 0.15) is 23.2 Å². The maximum Gasteiger partial charge on any atom is 0.141 e. The molecular weight excluding hydrogens is 392 g/mol. The fraction of sp³-hybridized carbons (Fsp3) is 0.545. The summed E-state index contributed by atoms with van der Waals surface area (Å²) in [4.78, 5) is 11.8. The van der Waals surface area contributed by atoms with E-state index in [1.807, 2.05) is 6.07 Å². The fourth-order valence-corrected chi connectivity index (χ4v) is 5.25. The molecule has 0 amide bonds. The molecule has 2 aromatic rings. The molecule has 5 heterocycles. The minimum absolute atomic E-state index is 0.175. The van der Waals surface area contributed by atoms with Crippen molar-refractivity contribution in [3.8, 4) is 11.8 Å². The van der Waals surface area contributed by atoms with Crippen molar-refractivity contribution in [3.05, 3.63) is 18.3 Å². The Labute approximate surface area is 181 Å². The molecule has 2 aromatic heterocycles. The zero-order valence-corrected chi connectivity index (χ0v) is 17.7. The number of fused-ring (bicyclic) bond motifs is 3. The SMILES string of the molecule is CC1CC(Nc2cc3nccc(O)c3c(N[C@@H]3C[C@H]4CC[C@@H](C3)N4CCC#N)n2)=NN1. The molecule has 0 spiro atoms. The molecule has 162 valence electrons. The minimum Gasteiger partial charge on any atom is -0.507 e. The van der Waals surface area contributed by atoms with Gasteiger partial charge in [-0.05, 0) is 38.7 Å². The molecule has 2 bridgehead atoms. The van der Waals surface area contributed by atoms with Gasteiger partial charge in [0.05, 0.1) is 17.0 Å². The van der Waals surface area contributed by atoms with Crippen LogP contribution in [-0.4, -0.2) is 56.5 Å². The normalized spacial score (nSPS) is 27.5. The largest absolute Gasteiger partial charge is 0.507 e. The molecule has 3 aliphatic heterocycles. The van der Waals surface area contributed by atoms with Crippen LogP contribution >= 0.6 is 0 Å². The lowest BCUT2D eigenvalue weighted by Gasteiger charge is -2.39. The quantitative estimate of drug-likeness (QED) is 0.583. The average molecular weight is 421 g/mol. The number of hydrogen-bond acceptors (Lipinski definition) is 9. The van der Waals surface area contributed by atoms with Crippen molar-refractivity contribution in [1.29, 1.82) is 5.26 Å². The van der Waals surface area contributed by atoms with Crippen LogP contribution < -0.4 is 16.1 Å². The number of hydrazone groups is 1. The monoisotopic (exact) mass is 420 g/mol. The highest BCUT2D eigenvalue weighted by molar-refractivity contribution is 6.00. The van der Waals surface area contributed by atoms with Gasteiger partial charge in [0.2, 0.25) is 0 Å². The number of aromatic nitrogens is 2. The van der Waals surface area contributed by atoms with Crippen molar-refractivity contribution in [3.63, 3.8) is 0 Å².